The van der Waals surface area contributed by atoms with Gasteiger partial charge in [-0.3, -0.25) is 14.4 Å². The van der Waals surface area contributed by atoms with Crippen LogP contribution in [0.4, 0.5) is 0 Å². The zero-order valence-electron chi connectivity index (χ0n) is 23.2. The maximum atomic E-state index is 13.5. The van der Waals surface area contributed by atoms with Gasteiger partial charge in [-0.25, -0.2) is 4.79 Å². The Kier molecular flexibility index (Phi) is 11.6. The second-order valence-corrected chi connectivity index (χ2v) is 11.5. The lowest BCUT2D eigenvalue weighted by Crippen LogP contribution is -2.59. The van der Waals surface area contributed by atoms with Gasteiger partial charge in [-0.05, 0) is 61.3 Å². The third-order valence-electron chi connectivity index (χ3n) is 6.98. The zero-order valence-corrected chi connectivity index (χ0v) is 23.2. The highest BCUT2D eigenvalue weighted by Crippen LogP contribution is 2.22. The lowest BCUT2D eigenvalue weighted by atomic mass is 9.88. The minimum atomic E-state index is -1.13. The number of nitrogens with one attached hydrogen (secondary N) is 4. The van der Waals surface area contributed by atoms with E-state index in [0.29, 0.717) is 19.3 Å². The number of phenolic OH excluding ortho intramolecular Hbond substituents is 1. The summed E-state index contributed by atoms with van der Waals surface area (Å²) in [4.78, 5) is 51.4. The van der Waals surface area contributed by atoms with Gasteiger partial charge in [0.05, 0.1) is 6.04 Å². The maximum Gasteiger partial charge on any atom is 0.326 e. The Bertz CT molecular complexity index is 953. The molecule has 3 amide bonds. The van der Waals surface area contributed by atoms with Crippen LogP contribution < -0.4 is 21.3 Å². The molecule has 0 bridgehead atoms. The SMILES string of the molecule is CC[C@H](C)[C@H](NC(=O)[C@H](Cc1ccc(O)cc1)NC(=O)[C@@H]1CCCN1)C(=O)N[C@@H](CCC(C)(C)C)C(=O)O. The van der Waals surface area contributed by atoms with Gasteiger partial charge in [0.1, 0.15) is 23.9 Å². The number of amides is 3. The van der Waals surface area contributed by atoms with Gasteiger partial charge in [-0.15, -0.1) is 0 Å². The molecule has 2 rings (SSSR count). The molecule has 1 aliphatic rings. The summed E-state index contributed by atoms with van der Waals surface area (Å²) in [5.74, 6) is -2.72. The second-order valence-electron chi connectivity index (χ2n) is 11.5. The summed E-state index contributed by atoms with van der Waals surface area (Å²) < 4.78 is 0. The van der Waals surface area contributed by atoms with E-state index in [-0.39, 0.29) is 35.8 Å². The van der Waals surface area contributed by atoms with Crippen LogP contribution >= 0.6 is 0 Å². The summed E-state index contributed by atoms with van der Waals surface area (Å²) in [7, 11) is 0. The van der Waals surface area contributed by atoms with Crippen molar-refractivity contribution < 1.29 is 29.4 Å². The van der Waals surface area contributed by atoms with E-state index in [1.807, 2.05) is 34.6 Å². The average Bonchev–Trinajstić information content (AvgIpc) is 3.39. The fourth-order valence-electron chi connectivity index (χ4n) is 4.31. The minimum Gasteiger partial charge on any atom is -0.508 e. The van der Waals surface area contributed by atoms with Crippen LogP contribution in [-0.2, 0) is 25.6 Å². The topological polar surface area (TPSA) is 157 Å². The minimum absolute atomic E-state index is 0.0851. The van der Waals surface area contributed by atoms with Crippen LogP contribution in [0.15, 0.2) is 24.3 Å². The number of carbonyl (C=O) groups excluding carboxylic acids is 3. The normalized spacial score (nSPS) is 18.6. The fraction of sp³-hybridized carbons (Fsp3) is 0.643. The molecule has 1 aliphatic heterocycles. The lowest BCUT2D eigenvalue weighted by Gasteiger charge is -2.29. The van der Waals surface area contributed by atoms with Crippen molar-refractivity contribution in [1.82, 2.24) is 21.3 Å². The number of rotatable bonds is 13. The molecule has 0 aliphatic carbocycles. The molecule has 0 saturated carbocycles. The summed E-state index contributed by atoms with van der Waals surface area (Å²) in [6.45, 7) is 10.4. The van der Waals surface area contributed by atoms with E-state index in [1.165, 1.54) is 12.1 Å². The molecule has 1 heterocycles. The highest BCUT2D eigenvalue weighted by atomic mass is 16.4. The first-order valence-electron chi connectivity index (χ1n) is 13.5. The van der Waals surface area contributed by atoms with Crippen molar-refractivity contribution in [2.24, 2.45) is 11.3 Å². The number of benzene rings is 1. The Balaban J connectivity index is 2.20. The van der Waals surface area contributed by atoms with Crippen LogP contribution in [0.25, 0.3) is 0 Å². The first-order chi connectivity index (χ1) is 17.8. The van der Waals surface area contributed by atoms with Gasteiger partial charge in [0, 0.05) is 6.42 Å². The number of hydrogen-bond acceptors (Lipinski definition) is 6. The first-order valence-corrected chi connectivity index (χ1v) is 13.5. The molecule has 0 aromatic heterocycles. The van der Waals surface area contributed by atoms with Crippen molar-refractivity contribution in [1.29, 1.82) is 0 Å². The molecule has 10 nitrogen and oxygen atoms in total. The molecule has 0 unspecified atom stereocenters. The van der Waals surface area contributed by atoms with Gasteiger partial charge < -0.3 is 31.5 Å². The molecule has 6 N–H and O–H groups in total. The smallest absolute Gasteiger partial charge is 0.326 e. The Labute approximate surface area is 225 Å². The lowest BCUT2D eigenvalue weighted by molar-refractivity contribution is -0.143. The van der Waals surface area contributed by atoms with Crippen LogP contribution in [0.3, 0.4) is 0 Å². The maximum absolute atomic E-state index is 13.5. The Morgan fingerprint density at radius 2 is 1.68 bits per heavy atom. The van der Waals surface area contributed by atoms with Crippen LogP contribution in [0.2, 0.25) is 0 Å². The molecule has 0 spiro atoms. The molecule has 1 fully saturated rings. The highest BCUT2D eigenvalue weighted by molar-refractivity contribution is 5.94. The molecule has 1 saturated heterocycles. The quantitative estimate of drug-likeness (QED) is 0.227. The molecular formula is C28H44N4O6. The number of carboxylic acid groups (broad SMARTS) is 1. The molecule has 0 radical (unpaired) electrons. The van der Waals surface area contributed by atoms with Crippen molar-refractivity contribution in [2.75, 3.05) is 6.54 Å². The van der Waals surface area contributed by atoms with Crippen molar-refractivity contribution in [3.05, 3.63) is 29.8 Å². The molecule has 1 aromatic rings. The second kappa shape index (κ2) is 14.1. The van der Waals surface area contributed by atoms with Crippen LogP contribution in [0.5, 0.6) is 5.75 Å². The third-order valence-corrected chi connectivity index (χ3v) is 6.98. The van der Waals surface area contributed by atoms with Crippen molar-refractivity contribution in [3.8, 4) is 5.75 Å². The van der Waals surface area contributed by atoms with E-state index in [9.17, 15) is 29.4 Å². The van der Waals surface area contributed by atoms with E-state index in [1.54, 1.807) is 12.1 Å². The van der Waals surface area contributed by atoms with Gasteiger partial charge in [0.25, 0.3) is 0 Å². The summed E-state index contributed by atoms with van der Waals surface area (Å²) in [5.41, 5.74) is 0.622. The number of hydrogen-bond donors (Lipinski definition) is 6. The first kappa shape index (κ1) is 31.1. The third kappa shape index (κ3) is 9.96. The fourth-order valence-corrected chi connectivity index (χ4v) is 4.31. The Hall–Kier alpha value is -3.14. The molecular weight excluding hydrogens is 488 g/mol. The monoisotopic (exact) mass is 532 g/mol. The molecule has 38 heavy (non-hydrogen) atoms. The van der Waals surface area contributed by atoms with Gasteiger partial charge in [0.2, 0.25) is 17.7 Å². The van der Waals surface area contributed by atoms with Crippen LogP contribution in [-0.4, -0.2) is 64.6 Å². The number of carbonyl (C=O) groups is 4. The van der Waals surface area contributed by atoms with Gasteiger partial charge in [-0.2, -0.15) is 0 Å². The van der Waals surface area contributed by atoms with Crippen LogP contribution in [0, 0.1) is 11.3 Å². The molecule has 10 heteroatoms. The van der Waals surface area contributed by atoms with E-state index in [2.05, 4.69) is 21.3 Å². The Morgan fingerprint density at radius 1 is 1.03 bits per heavy atom. The number of aliphatic carboxylic acids is 1. The predicted octanol–water partition coefficient (Wildman–Crippen LogP) is 2.10. The summed E-state index contributed by atoms with van der Waals surface area (Å²) >= 11 is 0. The van der Waals surface area contributed by atoms with Crippen molar-refractivity contribution in [2.45, 2.75) is 97.3 Å². The molecule has 5 atom stereocenters. The highest BCUT2D eigenvalue weighted by Gasteiger charge is 2.34. The van der Waals surface area contributed by atoms with Crippen LogP contribution in [0.1, 0.15) is 72.3 Å². The Morgan fingerprint density at radius 3 is 2.21 bits per heavy atom. The van der Waals surface area contributed by atoms with E-state index < -0.39 is 42.0 Å². The molecule has 212 valence electrons. The molecule has 1 aromatic carbocycles. The van der Waals surface area contributed by atoms with Crippen molar-refractivity contribution >= 4 is 23.7 Å². The predicted molar refractivity (Wildman–Crippen MR) is 144 cm³/mol. The number of phenols is 1. The summed E-state index contributed by atoms with van der Waals surface area (Å²) in [6.07, 6.45) is 3.12. The van der Waals surface area contributed by atoms with E-state index in [4.69, 9.17) is 0 Å². The summed E-state index contributed by atoms with van der Waals surface area (Å²) in [6, 6.07) is 2.93. The average molecular weight is 533 g/mol. The number of carboxylic acids is 1. The van der Waals surface area contributed by atoms with E-state index >= 15 is 0 Å². The van der Waals surface area contributed by atoms with Gasteiger partial charge in [-0.1, -0.05) is 53.2 Å². The zero-order chi connectivity index (χ0) is 28.5. The number of aromatic hydroxyl groups is 1. The van der Waals surface area contributed by atoms with Gasteiger partial charge in [0.15, 0.2) is 0 Å². The largest absolute Gasteiger partial charge is 0.508 e. The van der Waals surface area contributed by atoms with Gasteiger partial charge >= 0.3 is 5.97 Å². The standard InChI is InChI=1S/C28H44N4O6/c1-6-17(2)23(26(36)30-21(27(37)38)13-14-28(3,4)5)32-25(35)22(16-18-9-11-19(33)12-10-18)31-24(34)20-8-7-15-29-20/h9-12,17,20-23,29,33H,6-8,13-16H2,1-5H3,(H,30,36)(H,31,34)(H,32,35)(H,37,38)/t17-,20-,21-,22-,23-/m0/s1. The van der Waals surface area contributed by atoms with E-state index in [0.717, 1.165) is 18.5 Å². The summed E-state index contributed by atoms with van der Waals surface area (Å²) in [5, 5.41) is 30.6. The van der Waals surface area contributed by atoms with Crippen molar-refractivity contribution in [3.63, 3.8) is 0 Å².